The Bertz CT molecular complexity index is 743. The first-order valence-corrected chi connectivity index (χ1v) is 11.5. The van der Waals surface area contributed by atoms with Crippen molar-refractivity contribution in [2.45, 2.75) is 92.0 Å². The molecule has 3 nitrogen and oxygen atoms in total. The fourth-order valence-corrected chi connectivity index (χ4v) is 4.87. The van der Waals surface area contributed by atoms with Gasteiger partial charge in [-0.3, -0.25) is 4.99 Å². The van der Waals surface area contributed by atoms with Gasteiger partial charge >= 0.3 is 0 Å². The van der Waals surface area contributed by atoms with E-state index in [-0.39, 0.29) is 0 Å². The van der Waals surface area contributed by atoms with Gasteiger partial charge in [0.25, 0.3) is 0 Å². The highest BCUT2D eigenvalue weighted by molar-refractivity contribution is 5.95. The number of aliphatic imine (C=N–C) groups is 1. The average molecular weight is 383 g/mol. The second-order valence-electron chi connectivity index (χ2n) is 8.00. The Labute approximate surface area is 171 Å². The monoisotopic (exact) mass is 382 g/mol. The molecular formula is C25H38N2O. The zero-order valence-electron chi connectivity index (χ0n) is 18.6. The number of benzene rings is 1. The van der Waals surface area contributed by atoms with Crippen molar-refractivity contribution >= 4 is 11.4 Å². The number of fused-ring (bicyclic) bond motifs is 1. The van der Waals surface area contributed by atoms with E-state index in [1.807, 2.05) is 0 Å². The summed E-state index contributed by atoms with van der Waals surface area (Å²) in [6, 6.07) is 5.07. The Kier molecular flexibility index (Phi) is 7.20. The van der Waals surface area contributed by atoms with Gasteiger partial charge in [-0.1, -0.05) is 33.8 Å². The van der Waals surface area contributed by atoms with Crippen LogP contribution in [0.5, 0.6) is 5.75 Å². The van der Waals surface area contributed by atoms with Gasteiger partial charge in [-0.2, -0.15) is 0 Å². The Morgan fingerprint density at radius 1 is 1.00 bits per heavy atom. The minimum atomic E-state index is 0.581. The number of ether oxygens (including phenoxy) is 1. The molecule has 1 aliphatic heterocycles. The molecule has 0 aromatic heterocycles. The molecule has 0 spiro atoms. The minimum Gasteiger partial charge on any atom is -0.493 e. The number of nitrogens with zero attached hydrogens (tertiary/aromatic N) is 2. The molecule has 154 valence electrons. The first kappa shape index (κ1) is 21.0. The number of hydrogen-bond donors (Lipinski definition) is 0. The Morgan fingerprint density at radius 3 is 2.39 bits per heavy atom. The molecule has 0 fully saturated rings. The summed E-state index contributed by atoms with van der Waals surface area (Å²) in [6.07, 6.45) is 9.27. The highest BCUT2D eigenvalue weighted by Gasteiger charge is 2.29. The zero-order valence-corrected chi connectivity index (χ0v) is 18.6. The van der Waals surface area contributed by atoms with Crippen molar-refractivity contribution in [3.63, 3.8) is 0 Å². The number of hydrogen-bond acceptors (Lipinski definition) is 3. The largest absolute Gasteiger partial charge is 0.493 e. The molecule has 1 aromatic rings. The summed E-state index contributed by atoms with van der Waals surface area (Å²) in [6.45, 7) is 12.9. The normalized spacial score (nSPS) is 17.1. The van der Waals surface area contributed by atoms with E-state index in [4.69, 9.17) is 9.73 Å². The van der Waals surface area contributed by atoms with Gasteiger partial charge in [-0.15, -0.1) is 0 Å². The quantitative estimate of drug-likeness (QED) is 0.520. The molecule has 0 atom stereocenters. The molecule has 28 heavy (non-hydrogen) atoms. The number of aryl methyl sites for hydroxylation is 1. The van der Waals surface area contributed by atoms with Crippen molar-refractivity contribution in [2.75, 3.05) is 13.2 Å². The first-order valence-electron chi connectivity index (χ1n) is 11.5. The summed E-state index contributed by atoms with van der Waals surface area (Å²) in [4.78, 5) is 7.90. The van der Waals surface area contributed by atoms with E-state index in [0.717, 1.165) is 31.6 Å². The van der Waals surface area contributed by atoms with Gasteiger partial charge in [0.1, 0.15) is 5.75 Å². The fraction of sp³-hybridized carbons (Fsp3) is 0.640. The van der Waals surface area contributed by atoms with Crippen molar-refractivity contribution in [3.05, 3.63) is 34.5 Å². The van der Waals surface area contributed by atoms with E-state index in [1.165, 1.54) is 65.9 Å². The van der Waals surface area contributed by atoms with E-state index in [9.17, 15) is 0 Å². The topological polar surface area (TPSA) is 24.8 Å². The van der Waals surface area contributed by atoms with Gasteiger partial charge in [-0.25, -0.2) is 0 Å². The third-order valence-electron chi connectivity index (χ3n) is 6.40. The smallest absolute Gasteiger partial charge is 0.129 e. The summed E-state index contributed by atoms with van der Waals surface area (Å²) in [7, 11) is 0. The fourth-order valence-electron chi connectivity index (χ4n) is 4.87. The molecule has 1 aromatic carbocycles. The minimum absolute atomic E-state index is 0.581. The third kappa shape index (κ3) is 3.99. The molecule has 0 radical (unpaired) electrons. The van der Waals surface area contributed by atoms with Crippen molar-refractivity contribution in [1.29, 1.82) is 0 Å². The van der Waals surface area contributed by atoms with Crippen molar-refractivity contribution in [2.24, 2.45) is 4.99 Å². The van der Waals surface area contributed by atoms with Gasteiger partial charge in [0.05, 0.1) is 18.8 Å². The number of rotatable bonds is 8. The van der Waals surface area contributed by atoms with Crippen molar-refractivity contribution in [1.82, 2.24) is 4.90 Å². The average Bonchev–Trinajstić information content (AvgIpc) is 2.74. The molecule has 2 aliphatic rings. The molecule has 1 aliphatic carbocycles. The lowest BCUT2D eigenvalue weighted by Crippen LogP contribution is -2.40. The second-order valence-corrected chi connectivity index (χ2v) is 8.00. The van der Waals surface area contributed by atoms with Crippen LogP contribution in [-0.2, 0) is 12.8 Å². The van der Waals surface area contributed by atoms with Gasteiger partial charge < -0.3 is 9.64 Å². The van der Waals surface area contributed by atoms with Gasteiger partial charge in [0.15, 0.2) is 0 Å². The molecule has 0 N–H and O–H groups in total. The maximum atomic E-state index is 6.14. The van der Waals surface area contributed by atoms with Crippen LogP contribution in [0.4, 0.5) is 0 Å². The van der Waals surface area contributed by atoms with Crippen LogP contribution in [0.15, 0.2) is 22.8 Å². The van der Waals surface area contributed by atoms with Crippen LogP contribution in [0.25, 0.3) is 5.70 Å². The lowest BCUT2D eigenvalue weighted by Gasteiger charge is -2.39. The van der Waals surface area contributed by atoms with Crippen molar-refractivity contribution in [3.8, 4) is 5.75 Å². The molecule has 3 rings (SSSR count). The van der Waals surface area contributed by atoms with Crippen LogP contribution in [0.3, 0.4) is 0 Å². The van der Waals surface area contributed by atoms with E-state index < -0.39 is 0 Å². The van der Waals surface area contributed by atoms with E-state index in [0.29, 0.717) is 12.6 Å². The van der Waals surface area contributed by atoms with Crippen molar-refractivity contribution < 1.29 is 4.74 Å². The van der Waals surface area contributed by atoms with Gasteiger partial charge in [0.2, 0.25) is 0 Å². The summed E-state index contributed by atoms with van der Waals surface area (Å²) in [5.41, 5.74) is 8.18. The lowest BCUT2D eigenvalue weighted by atomic mass is 9.85. The summed E-state index contributed by atoms with van der Waals surface area (Å²) in [5, 5.41) is 0. The molecule has 0 amide bonds. The van der Waals surface area contributed by atoms with Gasteiger partial charge in [0, 0.05) is 23.0 Å². The summed E-state index contributed by atoms with van der Waals surface area (Å²) >= 11 is 0. The molecule has 0 bridgehead atoms. The van der Waals surface area contributed by atoms with E-state index in [1.54, 1.807) is 0 Å². The summed E-state index contributed by atoms with van der Waals surface area (Å²) in [5.74, 6) is 1.02. The van der Waals surface area contributed by atoms with Crippen LogP contribution in [-0.4, -0.2) is 29.8 Å². The van der Waals surface area contributed by atoms with Crippen LogP contribution in [0.2, 0.25) is 0 Å². The first-order chi connectivity index (χ1) is 13.7. The molecule has 0 saturated heterocycles. The van der Waals surface area contributed by atoms with Crippen LogP contribution >= 0.6 is 0 Å². The molecular weight excluding hydrogens is 344 g/mol. The maximum absolute atomic E-state index is 6.14. The van der Waals surface area contributed by atoms with E-state index >= 15 is 0 Å². The zero-order chi connectivity index (χ0) is 20.1. The standard InChI is InChI=1S/C25H38N2O/c1-6-19-17-27(20(7-2)8-3)22(9-4)25(26-19)24-21-14-12-11-13-18(21)15-16-23(24)28-10-5/h15-16,20H,6-14,17H2,1-5H3. The van der Waals surface area contributed by atoms with Crippen LogP contribution in [0.1, 0.15) is 89.8 Å². The molecule has 0 saturated carbocycles. The predicted octanol–water partition coefficient (Wildman–Crippen LogP) is 6.40. The second kappa shape index (κ2) is 9.62. The Balaban J connectivity index is 2.24. The molecule has 3 heteroatoms. The summed E-state index contributed by atoms with van der Waals surface area (Å²) < 4.78 is 6.14. The number of allylic oxidation sites excluding steroid dienone is 1. The SMILES string of the molecule is CCOc1ccc2c(c1C1=C(CC)N(C(CC)CC)CC(CC)=N1)CCCC2. The van der Waals surface area contributed by atoms with Gasteiger partial charge in [-0.05, 0) is 75.5 Å². The third-order valence-corrected chi connectivity index (χ3v) is 6.40. The molecule has 1 heterocycles. The highest BCUT2D eigenvalue weighted by Crippen LogP contribution is 2.41. The van der Waals surface area contributed by atoms with E-state index in [2.05, 4.69) is 51.7 Å². The Hall–Kier alpha value is -1.77. The predicted molar refractivity (Wildman–Crippen MR) is 120 cm³/mol. The molecule has 0 unspecified atom stereocenters. The Morgan fingerprint density at radius 2 is 1.75 bits per heavy atom. The van der Waals surface area contributed by atoms with Crippen LogP contribution < -0.4 is 4.74 Å². The maximum Gasteiger partial charge on any atom is 0.129 e. The highest BCUT2D eigenvalue weighted by atomic mass is 16.5. The van der Waals surface area contributed by atoms with Crippen LogP contribution in [0, 0.1) is 0 Å². The lowest BCUT2D eigenvalue weighted by molar-refractivity contribution is 0.259.